The molecule has 6 nitrogen and oxygen atoms in total. The highest BCUT2D eigenvalue weighted by Gasteiger charge is 2.16. The first kappa shape index (κ1) is 14.9. The van der Waals surface area contributed by atoms with Gasteiger partial charge in [-0.25, -0.2) is 4.79 Å². The number of rotatable bonds is 6. The monoisotopic (exact) mass is 329 g/mol. The average molecular weight is 329 g/mol. The lowest BCUT2D eigenvalue weighted by Crippen LogP contribution is -2.15. The number of hydrogen-bond donors (Lipinski definition) is 1. The Morgan fingerprint density at radius 1 is 1.45 bits per heavy atom. The van der Waals surface area contributed by atoms with Gasteiger partial charge in [0.1, 0.15) is 10.5 Å². The Hall–Kier alpha value is -1.45. The fourth-order valence-corrected chi connectivity index (χ4v) is 3.37. The minimum absolute atomic E-state index is 0.196. The van der Waals surface area contributed by atoms with Gasteiger partial charge in [-0.05, 0) is 18.4 Å². The Kier molecular flexibility index (Phi) is 5.50. The van der Waals surface area contributed by atoms with E-state index >= 15 is 0 Å². The van der Waals surface area contributed by atoms with Crippen LogP contribution in [0.5, 0.6) is 0 Å². The summed E-state index contributed by atoms with van der Waals surface area (Å²) in [7, 11) is 0. The van der Waals surface area contributed by atoms with Crippen molar-refractivity contribution in [2.75, 3.05) is 17.7 Å². The van der Waals surface area contributed by atoms with Crippen LogP contribution < -0.4 is 5.32 Å². The third kappa shape index (κ3) is 4.02. The molecule has 20 heavy (non-hydrogen) atoms. The van der Waals surface area contributed by atoms with E-state index in [0.717, 1.165) is 4.34 Å². The van der Waals surface area contributed by atoms with Crippen molar-refractivity contribution in [1.29, 1.82) is 0 Å². The first-order valence-electron chi connectivity index (χ1n) is 5.64. The molecule has 0 saturated carbocycles. The predicted molar refractivity (Wildman–Crippen MR) is 79.5 cm³/mol. The van der Waals surface area contributed by atoms with Crippen LogP contribution in [0.4, 0.5) is 5.00 Å². The number of thioether (sulfide) groups is 1. The highest BCUT2D eigenvalue weighted by Crippen LogP contribution is 2.25. The number of amides is 1. The summed E-state index contributed by atoms with van der Waals surface area (Å²) in [6, 6.07) is 1.64. The van der Waals surface area contributed by atoms with E-state index in [2.05, 4.69) is 15.5 Å². The second-order valence-corrected chi connectivity index (χ2v) is 6.40. The molecular formula is C11H11N3O3S3. The molecule has 0 bridgehead atoms. The fraction of sp³-hybridized carbons (Fsp3) is 0.273. The lowest BCUT2D eigenvalue weighted by atomic mass is 10.3. The van der Waals surface area contributed by atoms with Gasteiger partial charge in [-0.1, -0.05) is 23.1 Å². The Morgan fingerprint density at radius 2 is 2.30 bits per heavy atom. The molecule has 0 radical (unpaired) electrons. The summed E-state index contributed by atoms with van der Waals surface area (Å²) in [5.41, 5.74) is 1.99. The minimum Gasteiger partial charge on any atom is -0.462 e. The molecule has 0 aliphatic carbocycles. The number of carbonyl (C=O) groups excluding carboxylic acids is 2. The molecule has 1 amide bonds. The SMILES string of the molecule is CCOC(=O)c1ccsc1NC(=O)CSc1nncs1. The Labute approximate surface area is 127 Å². The summed E-state index contributed by atoms with van der Waals surface area (Å²) in [4.78, 5) is 23.5. The van der Waals surface area contributed by atoms with Crippen LogP contribution >= 0.6 is 34.4 Å². The number of ether oxygens (including phenoxy) is 1. The van der Waals surface area contributed by atoms with Gasteiger partial charge in [-0.15, -0.1) is 21.5 Å². The van der Waals surface area contributed by atoms with Crippen molar-refractivity contribution < 1.29 is 14.3 Å². The van der Waals surface area contributed by atoms with E-state index in [1.807, 2.05) is 0 Å². The van der Waals surface area contributed by atoms with Gasteiger partial charge in [0.25, 0.3) is 0 Å². The van der Waals surface area contributed by atoms with E-state index in [1.165, 1.54) is 34.4 Å². The van der Waals surface area contributed by atoms with Crippen LogP contribution in [0.25, 0.3) is 0 Å². The summed E-state index contributed by atoms with van der Waals surface area (Å²) < 4.78 is 5.66. The van der Waals surface area contributed by atoms with Crippen molar-refractivity contribution in [3.05, 3.63) is 22.5 Å². The molecular weight excluding hydrogens is 318 g/mol. The molecule has 0 atom stereocenters. The quantitative estimate of drug-likeness (QED) is 0.648. The molecule has 0 saturated heterocycles. The molecule has 0 spiro atoms. The van der Waals surface area contributed by atoms with Crippen LogP contribution in [0.15, 0.2) is 21.3 Å². The summed E-state index contributed by atoms with van der Waals surface area (Å²) in [6.07, 6.45) is 0. The maximum Gasteiger partial charge on any atom is 0.341 e. The van der Waals surface area contributed by atoms with Gasteiger partial charge in [0.2, 0.25) is 5.91 Å². The van der Waals surface area contributed by atoms with E-state index in [1.54, 1.807) is 23.9 Å². The van der Waals surface area contributed by atoms with Crippen LogP contribution in [0.3, 0.4) is 0 Å². The number of carbonyl (C=O) groups is 2. The van der Waals surface area contributed by atoms with Crippen molar-refractivity contribution >= 4 is 51.3 Å². The predicted octanol–water partition coefficient (Wildman–Crippen LogP) is 2.51. The lowest BCUT2D eigenvalue weighted by Gasteiger charge is -2.05. The van der Waals surface area contributed by atoms with E-state index < -0.39 is 5.97 Å². The van der Waals surface area contributed by atoms with E-state index in [9.17, 15) is 9.59 Å². The molecule has 0 aliphatic heterocycles. The van der Waals surface area contributed by atoms with Crippen molar-refractivity contribution in [1.82, 2.24) is 10.2 Å². The highest BCUT2D eigenvalue weighted by molar-refractivity contribution is 8.01. The lowest BCUT2D eigenvalue weighted by molar-refractivity contribution is -0.113. The molecule has 106 valence electrons. The second-order valence-electron chi connectivity index (χ2n) is 3.43. The summed E-state index contributed by atoms with van der Waals surface area (Å²) in [5, 5.41) is 12.5. The van der Waals surface area contributed by atoms with Gasteiger partial charge in [-0.2, -0.15) is 0 Å². The zero-order valence-electron chi connectivity index (χ0n) is 10.5. The molecule has 9 heteroatoms. The first-order valence-corrected chi connectivity index (χ1v) is 8.38. The topological polar surface area (TPSA) is 81.2 Å². The van der Waals surface area contributed by atoms with Crippen LogP contribution in [0.2, 0.25) is 0 Å². The summed E-state index contributed by atoms with van der Waals surface area (Å²) in [5.74, 6) is -0.408. The van der Waals surface area contributed by atoms with Crippen LogP contribution in [-0.2, 0) is 9.53 Å². The molecule has 2 aromatic rings. The molecule has 2 rings (SSSR count). The Balaban J connectivity index is 1.91. The van der Waals surface area contributed by atoms with Gasteiger partial charge in [0, 0.05) is 0 Å². The van der Waals surface area contributed by atoms with Crippen molar-refractivity contribution in [2.24, 2.45) is 0 Å². The fourth-order valence-electron chi connectivity index (χ4n) is 1.29. The molecule has 0 aromatic carbocycles. The number of nitrogens with one attached hydrogen (secondary N) is 1. The van der Waals surface area contributed by atoms with Crippen LogP contribution in [0.1, 0.15) is 17.3 Å². The third-order valence-electron chi connectivity index (χ3n) is 2.08. The normalized spacial score (nSPS) is 10.2. The number of thiophene rings is 1. The largest absolute Gasteiger partial charge is 0.462 e. The van der Waals surface area contributed by atoms with Crippen molar-refractivity contribution in [3.63, 3.8) is 0 Å². The van der Waals surface area contributed by atoms with Crippen molar-refractivity contribution in [2.45, 2.75) is 11.3 Å². The molecule has 0 fully saturated rings. The molecule has 0 aliphatic rings. The number of esters is 1. The third-order valence-corrected chi connectivity index (χ3v) is 4.77. The molecule has 2 aromatic heterocycles. The maximum atomic E-state index is 11.8. The Bertz CT molecular complexity index is 583. The van der Waals surface area contributed by atoms with Gasteiger partial charge in [0.15, 0.2) is 4.34 Å². The van der Waals surface area contributed by atoms with Gasteiger partial charge < -0.3 is 10.1 Å². The number of anilines is 1. The van der Waals surface area contributed by atoms with E-state index in [-0.39, 0.29) is 11.7 Å². The minimum atomic E-state index is -0.430. The standard InChI is InChI=1S/C11H11N3O3S3/c1-2-17-10(16)7-3-4-18-9(7)13-8(15)5-19-11-14-12-6-20-11/h3-4,6H,2,5H2,1H3,(H,13,15). The zero-order chi connectivity index (χ0) is 14.4. The molecule has 1 N–H and O–H groups in total. The van der Waals surface area contributed by atoms with Gasteiger partial charge in [0.05, 0.1) is 17.9 Å². The highest BCUT2D eigenvalue weighted by atomic mass is 32.2. The summed E-state index contributed by atoms with van der Waals surface area (Å²) in [6.45, 7) is 2.04. The average Bonchev–Trinajstić information content (AvgIpc) is 3.07. The van der Waals surface area contributed by atoms with E-state index in [4.69, 9.17) is 4.74 Å². The van der Waals surface area contributed by atoms with Crippen molar-refractivity contribution in [3.8, 4) is 0 Å². The molecule has 0 unspecified atom stereocenters. The van der Waals surface area contributed by atoms with Crippen LogP contribution in [0, 0.1) is 0 Å². The number of hydrogen-bond acceptors (Lipinski definition) is 8. The number of aromatic nitrogens is 2. The first-order chi connectivity index (χ1) is 9.70. The maximum absolute atomic E-state index is 11.8. The zero-order valence-corrected chi connectivity index (χ0v) is 12.9. The second kappa shape index (κ2) is 7.36. The smallest absolute Gasteiger partial charge is 0.341 e. The van der Waals surface area contributed by atoms with Gasteiger partial charge >= 0.3 is 5.97 Å². The number of nitrogens with zero attached hydrogens (tertiary/aromatic N) is 2. The van der Waals surface area contributed by atoms with E-state index in [0.29, 0.717) is 17.2 Å². The van der Waals surface area contributed by atoms with Crippen LogP contribution in [-0.4, -0.2) is 34.4 Å². The van der Waals surface area contributed by atoms with Gasteiger partial charge in [-0.3, -0.25) is 4.79 Å². The summed E-state index contributed by atoms with van der Waals surface area (Å²) >= 11 is 3.97. The Morgan fingerprint density at radius 3 is 3.00 bits per heavy atom. The molecule has 2 heterocycles.